The van der Waals surface area contributed by atoms with Gasteiger partial charge in [-0.05, 0) is 37.1 Å². The summed E-state index contributed by atoms with van der Waals surface area (Å²) >= 11 is 0. The highest BCUT2D eigenvalue weighted by Crippen LogP contribution is 2.31. The van der Waals surface area contributed by atoms with Crippen LogP contribution in [-0.4, -0.2) is 43.0 Å². The molecule has 0 aromatic carbocycles. The van der Waals surface area contributed by atoms with Gasteiger partial charge < -0.3 is 10.6 Å². The van der Waals surface area contributed by atoms with Crippen molar-refractivity contribution in [3.63, 3.8) is 0 Å². The number of aromatic nitrogens is 1. The first kappa shape index (κ1) is 12.8. The predicted molar refractivity (Wildman–Crippen MR) is 71.4 cm³/mol. The maximum Gasteiger partial charge on any atom is 0.233 e. The Morgan fingerprint density at radius 3 is 3.11 bits per heavy atom. The van der Waals surface area contributed by atoms with Crippen LogP contribution in [0.5, 0.6) is 0 Å². The summed E-state index contributed by atoms with van der Waals surface area (Å²) in [4.78, 5) is 17.9. The van der Waals surface area contributed by atoms with Gasteiger partial charge in [0.2, 0.25) is 5.91 Å². The Morgan fingerprint density at radius 1 is 1.56 bits per heavy atom. The van der Waals surface area contributed by atoms with Gasteiger partial charge in [-0.15, -0.1) is 0 Å². The van der Waals surface area contributed by atoms with E-state index in [9.17, 15) is 4.79 Å². The Bertz CT molecular complexity index is 421. The highest BCUT2D eigenvalue weighted by molar-refractivity contribution is 5.77. The van der Waals surface area contributed by atoms with E-state index in [1.165, 1.54) is 5.56 Å². The number of likely N-dealkylation sites (N-methyl/N-ethyl adjacent to an activating group) is 1. The summed E-state index contributed by atoms with van der Waals surface area (Å²) in [7, 11) is 3.54. The average molecular weight is 248 g/mol. The monoisotopic (exact) mass is 248 g/mol. The summed E-state index contributed by atoms with van der Waals surface area (Å²) in [6.07, 6.45) is 4.06. The number of nitrogens with one attached hydrogen (secondary N) is 2. The number of nitrogens with zero attached hydrogens (tertiary/aromatic N) is 2. The number of carbonyl (C=O) groups excluding carboxylic acids is 1. The lowest BCUT2D eigenvalue weighted by Crippen LogP contribution is -2.35. The van der Waals surface area contributed by atoms with Gasteiger partial charge in [0.15, 0.2) is 0 Å². The maximum atomic E-state index is 11.5. The molecule has 1 aromatic heterocycles. The summed E-state index contributed by atoms with van der Waals surface area (Å²) in [6.45, 7) is 1.45. The van der Waals surface area contributed by atoms with E-state index in [-0.39, 0.29) is 5.91 Å². The molecule has 0 bridgehead atoms. The van der Waals surface area contributed by atoms with E-state index >= 15 is 0 Å². The molecule has 1 aliphatic heterocycles. The second-order valence-corrected chi connectivity index (χ2v) is 4.53. The fourth-order valence-electron chi connectivity index (χ4n) is 2.45. The smallest absolute Gasteiger partial charge is 0.233 e. The van der Waals surface area contributed by atoms with Crippen molar-refractivity contribution in [1.29, 1.82) is 0 Å². The van der Waals surface area contributed by atoms with Gasteiger partial charge in [-0.2, -0.15) is 0 Å². The number of carbonyl (C=O) groups is 1. The number of anilines is 1. The molecule has 1 aromatic rings. The predicted octanol–water partition coefficient (Wildman–Crippen LogP) is 1.01. The van der Waals surface area contributed by atoms with E-state index in [0.717, 1.165) is 25.2 Å². The van der Waals surface area contributed by atoms with Crippen molar-refractivity contribution in [3.05, 3.63) is 23.9 Å². The van der Waals surface area contributed by atoms with Crippen molar-refractivity contribution >= 4 is 11.7 Å². The molecule has 1 fully saturated rings. The van der Waals surface area contributed by atoms with Crippen molar-refractivity contribution in [2.45, 2.75) is 18.9 Å². The average Bonchev–Trinajstić information content (AvgIpc) is 2.86. The molecule has 18 heavy (non-hydrogen) atoms. The highest BCUT2D eigenvalue weighted by atomic mass is 16.1. The van der Waals surface area contributed by atoms with E-state index in [0.29, 0.717) is 12.6 Å². The summed E-state index contributed by atoms with van der Waals surface area (Å²) in [6, 6.07) is 4.43. The molecule has 0 spiro atoms. The zero-order valence-corrected chi connectivity index (χ0v) is 10.9. The third-order valence-electron chi connectivity index (χ3n) is 3.41. The largest absolute Gasteiger partial charge is 0.373 e. The number of rotatable bonds is 4. The molecule has 1 atom stereocenters. The van der Waals surface area contributed by atoms with Crippen LogP contribution < -0.4 is 10.6 Å². The number of likely N-dealkylation sites (tertiary alicyclic amines) is 1. The SMILES string of the molecule is CNC(=O)CN1CCC[C@H]1c1ccnc(NC)c1. The van der Waals surface area contributed by atoms with Gasteiger partial charge in [0.1, 0.15) is 5.82 Å². The Kier molecular flexibility index (Phi) is 4.15. The topological polar surface area (TPSA) is 57.3 Å². The van der Waals surface area contributed by atoms with Crippen LogP contribution in [0.3, 0.4) is 0 Å². The van der Waals surface area contributed by atoms with E-state index < -0.39 is 0 Å². The standard InChI is InChI=1S/C13H20N4O/c1-14-12-8-10(5-6-16-12)11-4-3-7-17(11)9-13(18)15-2/h5-6,8,11H,3-4,7,9H2,1-2H3,(H,14,16)(H,15,18)/t11-/m0/s1. The van der Waals surface area contributed by atoms with Crippen molar-refractivity contribution in [2.24, 2.45) is 0 Å². The van der Waals surface area contributed by atoms with Crippen molar-refractivity contribution in [2.75, 3.05) is 32.5 Å². The van der Waals surface area contributed by atoms with E-state index in [2.05, 4.69) is 26.6 Å². The molecule has 5 nitrogen and oxygen atoms in total. The van der Waals surface area contributed by atoms with Crippen LogP contribution in [0.15, 0.2) is 18.3 Å². The van der Waals surface area contributed by atoms with Crippen molar-refractivity contribution in [3.8, 4) is 0 Å². The Morgan fingerprint density at radius 2 is 2.39 bits per heavy atom. The molecule has 2 rings (SSSR count). The second kappa shape index (κ2) is 5.82. The lowest BCUT2D eigenvalue weighted by molar-refractivity contribution is -0.122. The molecule has 2 N–H and O–H groups in total. The number of hydrogen-bond acceptors (Lipinski definition) is 4. The molecule has 0 unspecified atom stereocenters. The summed E-state index contributed by atoms with van der Waals surface area (Å²) < 4.78 is 0. The molecule has 98 valence electrons. The van der Waals surface area contributed by atoms with E-state index in [1.807, 2.05) is 19.3 Å². The summed E-state index contributed by atoms with van der Waals surface area (Å²) in [5.74, 6) is 0.948. The summed E-state index contributed by atoms with van der Waals surface area (Å²) in [5, 5.41) is 5.73. The van der Waals surface area contributed by atoms with Gasteiger partial charge >= 0.3 is 0 Å². The van der Waals surface area contributed by atoms with Gasteiger partial charge in [-0.3, -0.25) is 9.69 Å². The second-order valence-electron chi connectivity index (χ2n) is 4.53. The van der Waals surface area contributed by atoms with E-state index in [1.54, 1.807) is 7.05 Å². The van der Waals surface area contributed by atoms with Gasteiger partial charge in [-0.1, -0.05) is 0 Å². The first-order valence-corrected chi connectivity index (χ1v) is 6.33. The molecule has 0 saturated carbocycles. The Hall–Kier alpha value is -1.62. The molecule has 1 aliphatic rings. The molecule has 1 amide bonds. The normalized spacial score (nSPS) is 19.8. The van der Waals surface area contributed by atoms with Crippen LogP contribution in [-0.2, 0) is 4.79 Å². The minimum Gasteiger partial charge on any atom is -0.373 e. The van der Waals surface area contributed by atoms with Crippen LogP contribution >= 0.6 is 0 Å². The third kappa shape index (κ3) is 2.79. The summed E-state index contributed by atoms with van der Waals surface area (Å²) in [5.41, 5.74) is 1.23. The van der Waals surface area contributed by atoms with Gasteiger partial charge in [0, 0.05) is 26.3 Å². The minimum atomic E-state index is 0.0739. The molecular weight excluding hydrogens is 228 g/mol. The van der Waals surface area contributed by atoms with Crippen LogP contribution in [0.4, 0.5) is 5.82 Å². The fourth-order valence-corrected chi connectivity index (χ4v) is 2.45. The molecular formula is C13H20N4O. The van der Waals surface area contributed by atoms with Crippen LogP contribution in [0.1, 0.15) is 24.4 Å². The Labute approximate surface area is 108 Å². The number of pyridine rings is 1. The Balaban J connectivity index is 2.12. The molecule has 2 heterocycles. The fraction of sp³-hybridized carbons (Fsp3) is 0.538. The minimum absolute atomic E-state index is 0.0739. The maximum absolute atomic E-state index is 11.5. The highest BCUT2D eigenvalue weighted by Gasteiger charge is 2.27. The lowest BCUT2D eigenvalue weighted by Gasteiger charge is -2.24. The number of hydrogen-bond donors (Lipinski definition) is 2. The molecule has 5 heteroatoms. The number of amides is 1. The van der Waals surface area contributed by atoms with Crippen molar-refractivity contribution in [1.82, 2.24) is 15.2 Å². The van der Waals surface area contributed by atoms with Crippen LogP contribution in [0, 0.1) is 0 Å². The van der Waals surface area contributed by atoms with Crippen LogP contribution in [0.2, 0.25) is 0 Å². The zero-order valence-electron chi connectivity index (χ0n) is 10.9. The molecule has 0 radical (unpaired) electrons. The quantitative estimate of drug-likeness (QED) is 0.835. The lowest BCUT2D eigenvalue weighted by atomic mass is 10.1. The zero-order chi connectivity index (χ0) is 13.0. The first-order valence-electron chi connectivity index (χ1n) is 6.33. The molecule has 0 aliphatic carbocycles. The van der Waals surface area contributed by atoms with Gasteiger partial charge in [-0.25, -0.2) is 4.98 Å². The van der Waals surface area contributed by atoms with Crippen molar-refractivity contribution < 1.29 is 4.79 Å². The van der Waals surface area contributed by atoms with Gasteiger partial charge in [0.05, 0.1) is 6.54 Å². The third-order valence-corrected chi connectivity index (χ3v) is 3.41. The first-order chi connectivity index (χ1) is 8.74. The van der Waals surface area contributed by atoms with Crippen LogP contribution in [0.25, 0.3) is 0 Å². The van der Waals surface area contributed by atoms with Gasteiger partial charge in [0.25, 0.3) is 0 Å². The molecule has 1 saturated heterocycles. The van der Waals surface area contributed by atoms with E-state index in [4.69, 9.17) is 0 Å².